The van der Waals surface area contributed by atoms with Crippen molar-refractivity contribution in [2.24, 2.45) is 10.8 Å². The van der Waals surface area contributed by atoms with Gasteiger partial charge in [-0.25, -0.2) is 0 Å². The number of hydrogen-bond donors (Lipinski definition) is 2. The Morgan fingerprint density at radius 2 is 2.33 bits per heavy atom. The molecule has 0 aromatic rings. The van der Waals surface area contributed by atoms with E-state index in [4.69, 9.17) is 16.4 Å². The maximum atomic E-state index is 10.5. The molecule has 0 radical (unpaired) electrons. The molecule has 9 heteroatoms. The van der Waals surface area contributed by atoms with E-state index in [9.17, 15) is 4.79 Å². The quantitative estimate of drug-likeness (QED) is 0.318. The molecule has 0 aliphatic carbocycles. The van der Waals surface area contributed by atoms with Crippen LogP contribution in [0.5, 0.6) is 0 Å². The number of hydrogen-bond acceptors (Lipinski definition) is 5. The van der Waals surface area contributed by atoms with Gasteiger partial charge in [0.05, 0.1) is 0 Å². The summed E-state index contributed by atoms with van der Waals surface area (Å²) in [4.78, 5) is 13.1. The van der Waals surface area contributed by atoms with Gasteiger partial charge in [-0.1, -0.05) is 26.7 Å². The number of carboxylic acids is 1. The molecule has 1 unspecified atom stereocenters. The van der Waals surface area contributed by atoms with Crippen molar-refractivity contribution in [2.45, 2.75) is 17.7 Å². The molecule has 0 aliphatic heterocycles. The highest BCUT2D eigenvalue weighted by atomic mass is 35.5. The minimum Gasteiger partial charge on any atom is -0.480 e. The Bertz CT molecular complexity index is 237. The monoisotopic (exact) mass is 272 g/mol. The maximum Gasteiger partial charge on any atom is 0.320 e. The molecule has 0 aromatic heterocycles. The van der Waals surface area contributed by atoms with Gasteiger partial charge in [0.2, 0.25) is 0 Å². The molecule has 0 spiro atoms. The predicted octanol–water partition coefficient (Wildman–Crippen LogP) is 1.90. The van der Waals surface area contributed by atoms with Crippen LogP contribution in [0.3, 0.4) is 0 Å². The summed E-state index contributed by atoms with van der Waals surface area (Å²) in [5, 5.41) is 11.9. The SMILES string of the molecule is CSS[C@H](CN=[N+]=[N-])CC(N)C(=O)O.Cl. The van der Waals surface area contributed by atoms with E-state index in [2.05, 4.69) is 10.0 Å². The second kappa shape index (κ2) is 10.3. The maximum absolute atomic E-state index is 10.5. The third-order valence-corrected chi connectivity index (χ3v) is 3.61. The van der Waals surface area contributed by atoms with Gasteiger partial charge in [0, 0.05) is 16.7 Å². The topological polar surface area (TPSA) is 112 Å². The van der Waals surface area contributed by atoms with Crippen LogP contribution in [-0.2, 0) is 4.79 Å². The van der Waals surface area contributed by atoms with Crippen LogP contribution in [0.1, 0.15) is 6.42 Å². The summed E-state index contributed by atoms with van der Waals surface area (Å²) in [7, 11) is 2.97. The summed E-state index contributed by atoms with van der Waals surface area (Å²) in [5.74, 6) is -1.03. The number of nitrogens with zero attached hydrogens (tertiary/aromatic N) is 3. The van der Waals surface area contributed by atoms with Gasteiger partial charge in [0.15, 0.2) is 0 Å². The third-order valence-electron chi connectivity index (χ3n) is 1.41. The van der Waals surface area contributed by atoms with Crippen molar-refractivity contribution in [3.8, 4) is 0 Å². The average molecular weight is 273 g/mol. The second-order valence-corrected chi connectivity index (χ2v) is 5.25. The lowest BCUT2D eigenvalue weighted by atomic mass is 10.2. The highest BCUT2D eigenvalue weighted by Gasteiger charge is 2.18. The first kappa shape index (κ1) is 17.1. The fourth-order valence-electron chi connectivity index (χ4n) is 0.792. The van der Waals surface area contributed by atoms with E-state index in [0.29, 0.717) is 6.42 Å². The first-order valence-electron chi connectivity index (χ1n) is 3.80. The van der Waals surface area contributed by atoms with Crippen LogP contribution >= 0.6 is 34.0 Å². The van der Waals surface area contributed by atoms with E-state index in [0.717, 1.165) is 0 Å². The number of azide groups is 1. The number of rotatable bonds is 7. The molecule has 3 N–H and O–H groups in total. The second-order valence-electron chi connectivity index (χ2n) is 2.48. The fourth-order valence-corrected chi connectivity index (χ4v) is 2.71. The van der Waals surface area contributed by atoms with Gasteiger partial charge >= 0.3 is 5.97 Å². The number of carboxylic acid groups (broad SMARTS) is 1. The summed E-state index contributed by atoms with van der Waals surface area (Å²) < 4.78 is 0. The fraction of sp³-hybridized carbons (Fsp3) is 0.833. The number of aliphatic carboxylic acids is 1. The van der Waals surface area contributed by atoms with E-state index in [1.165, 1.54) is 21.6 Å². The Labute approximate surface area is 102 Å². The van der Waals surface area contributed by atoms with Crippen LogP contribution in [0.4, 0.5) is 0 Å². The van der Waals surface area contributed by atoms with E-state index in [-0.39, 0.29) is 24.2 Å². The molecule has 15 heavy (non-hydrogen) atoms. The summed E-state index contributed by atoms with van der Waals surface area (Å²) in [6.45, 7) is 0.267. The van der Waals surface area contributed by atoms with Crippen LogP contribution in [0.2, 0.25) is 0 Å². The summed E-state index contributed by atoms with van der Waals surface area (Å²) in [5.41, 5.74) is 13.5. The van der Waals surface area contributed by atoms with Crippen molar-refractivity contribution < 1.29 is 9.90 Å². The smallest absolute Gasteiger partial charge is 0.320 e. The standard InChI is InChI=1S/C6H12N4O2S2.ClH/c1-13-14-4(3-9-10-8)2-5(7)6(11)12;/h4-5H,2-3,7H2,1H3,(H,11,12);1H/t4-,5?;/m0./s1. The van der Waals surface area contributed by atoms with E-state index in [1.807, 2.05) is 6.26 Å². The van der Waals surface area contributed by atoms with Gasteiger partial charge < -0.3 is 10.8 Å². The normalized spacial score (nSPS) is 13.2. The van der Waals surface area contributed by atoms with Crippen LogP contribution < -0.4 is 5.73 Å². The molecule has 0 aliphatic rings. The van der Waals surface area contributed by atoms with Gasteiger partial charge in [-0.05, 0) is 18.2 Å². The molecule has 2 atom stereocenters. The summed E-state index contributed by atoms with van der Waals surface area (Å²) in [6.07, 6.45) is 2.18. The summed E-state index contributed by atoms with van der Waals surface area (Å²) >= 11 is 0. The van der Waals surface area contributed by atoms with Crippen molar-refractivity contribution >= 4 is 40.0 Å². The van der Waals surface area contributed by atoms with Crippen molar-refractivity contribution in [3.63, 3.8) is 0 Å². The van der Waals surface area contributed by atoms with Crippen LogP contribution in [-0.4, -0.2) is 35.2 Å². The first-order valence-corrected chi connectivity index (χ1v) is 6.42. The summed E-state index contributed by atoms with van der Waals surface area (Å²) in [6, 6.07) is -0.895. The largest absolute Gasteiger partial charge is 0.480 e. The van der Waals surface area contributed by atoms with E-state index in [1.54, 1.807) is 0 Å². The molecule has 6 nitrogen and oxygen atoms in total. The van der Waals surface area contributed by atoms with Gasteiger partial charge in [0.1, 0.15) is 6.04 Å². The Morgan fingerprint density at radius 3 is 2.73 bits per heavy atom. The predicted molar refractivity (Wildman–Crippen MR) is 66.4 cm³/mol. The van der Waals surface area contributed by atoms with Crippen molar-refractivity contribution in [3.05, 3.63) is 10.4 Å². The molecule has 88 valence electrons. The zero-order valence-corrected chi connectivity index (χ0v) is 10.5. The highest BCUT2D eigenvalue weighted by Crippen LogP contribution is 2.27. The Kier molecular flexibility index (Phi) is 11.7. The molecular weight excluding hydrogens is 260 g/mol. The third kappa shape index (κ3) is 8.71. The molecule has 0 heterocycles. The lowest BCUT2D eigenvalue weighted by molar-refractivity contribution is -0.138. The van der Waals surface area contributed by atoms with E-state index >= 15 is 0 Å². The molecular formula is C6H13ClN4O2S2. The molecule has 0 amide bonds. The van der Waals surface area contributed by atoms with Crippen LogP contribution in [0, 0.1) is 0 Å². The Balaban J connectivity index is 0. The number of nitrogens with two attached hydrogens (primary N) is 1. The van der Waals surface area contributed by atoms with Crippen LogP contribution in [0.25, 0.3) is 10.4 Å². The van der Waals surface area contributed by atoms with Crippen molar-refractivity contribution in [1.82, 2.24) is 0 Å². The minimum absolute atomic E-state index is 0. The van der Waals surface area contributed by atoms with Gasteiger partial charge in [-0.3, -0.25) is 4.79 Å². The average Bonchev–Trinajstić information content (AvgIpc) is 2.14. The zero-order chi connectivity index (χ0) is 11.0. The lowest BCUT2D eigenvalue weighted by Gasteiger charge is -2.14. The number of halogens is 1. The lowest BCUT2D eigenvalue weighted by Crippen LogP contribution is -2.33. The van der Waals surface area contributed by atoms with E-state index < -0.39 is 12.0 Å². The van der Waals surface area contributed by atoms with Gasteiger partial charge in [0.25, 0.3) is 0 Å². The van der Waals surface area contributed by atoms with Crippen molar-refractivity contribution in [1.29, 1.82) is 0 Å². The molecule has 0 saturated heterocycles. The zero-order valence-electron chi connectivity index (χ0n) is 8.07. The van der Waals surface area contributed by atoms with Crippen LogP contribution in [0.15, 0.2) is 5.11 Å². The molecule has 0 fully saturated rings. The molecule has 0 aromatic carbocycles. The van der Waals surface area contributed by atoms with Gasteiger partial charge in [-0.15, -0.1) is 12.4 Å². The molecule has 0 bridgehead atoms. The highest BCUT2D eigenvalue weighted by molar-refractivity contribution is 8.76. The minimum atomic E-state index is -1.03. The van der Waals surface area contributed by atoms with Crippen molar-refractivity contribution in [2.75, 3.05) is 12.8 Å². The Morgan fingerprint density at radius 1 is 1.73 bits per heavy atom. The van der Waals surface area contributed by atoms with Gasteiger partial charge in [-0.2, -0.15) is 0 Å². The molecule has 0 saturated carbocycles. The molecule has 0 rings (SSSR count). The Hall–Kier alpha value is -0.270. The first-order chi connectivity index (χ1) is 6.61. The number of carbonyl (C=O) groups is 1.